The van der Waals surface area contributed by atoms with Crippen LogP contribution in [0.15, 0.2) is 29.3 Å². The maximum absolute atomic E-state index is 11.9. The van der Waals surface area contributed by atoms with Crippen LogP contribution in [-0.2, 0) is 21.1 Å². The van der Waals surface area contributed by atoms with E-state index < -0.39 is 9.84 Å². The smallest absolute Gasteiger partial charge is 0.244 e. The first kappa shape index (κ1) is 17.3. The van der Waals surface area contributed by atoms with E-state index in [4.69, 9.17) is 4.74 Å². The van der Waals surface area contributed by atoms with Gasteiger partial charge in [-0.1, -0.05) is 23.9 Å². The molecule has 0 radical (unpaired) electrons. The molecule has 1 aromatic rings. The van der Waals surface area contributed by atoms with Crippen LogP contribution in [0.2, 0.25) is 0 Å². The number of sulfone groups is 1. The van der Waals surface area contributed by atoms with Crippen molar-refractivity contribution in [3.05, 3.63) is 29.8 Å². The molecule has 0 saturated carbocycles. The molecule has 1 amide bonds. The van der Waals surface area contributed by atoms with Crippen molar-refractivity contribution >= 4 is 32.7 Å². The molecule has 0 spiro atoms. The largest absolute Gasteiger partial charge is 0.497 e. The van der Waals surface area contributed by atoms with Crippen LogP contribution < -0.4 is 4.74 Å². The molecule has 0 N–H and O–H groups in total. The van der Waals surface area contributed by atoms with Crippen molar-refractivity contribution in [2.45, 2.75) is 24.6 Å². The Morgan fingerprint density at radius 3 is 2.67 bits per heavy atom. The normalized spacial score (nSPS) is 26.6. The highest BCUT2D eigenvalue weighted by Crippen LogP contribution is 2.38. The van der Waals surface area contributed by atoms with Gasteiger partial charge in [0.2, 0.25) is 5.91 Å². The van der Waals surface area contributed by atoms with Gasteiger partial charge in [-0.3, -0.25) is 4.79 Å². The molecule has 2 saturated heterocycles. The summed E-state index contributed by atoms with van der Waals surface area (Å²) in [6, 6.07) is 7.71. The standard InChI is InChI=1S/C16H20N2O4S2/c1-11(19)17-16-18(14-9-24(20,21)10-15(14)23-16)8-7-12-3-5-13(22-2)6-4-12/h3-6,14-15H,7-10H2,1-2H3/t14-,15-/m0/s1. The van der Waals surface area contributed by atoms with Gasteiger partial charge in [0, 0.05) is 18.7 Å². The second kappa shape index (κ2) is 6.76. The molecular weight excluding hydrogens is 348 g/mol. The van der Waals surface area contributed by atoms with Crippen molar-refractivity contribution in [2.24, 2.45) is 4.99 Å². The molecule has 24 heavy (non-hydrogen) atoms. The molecule has 6 nitrogen and oxygen atoms in total. The topological polar surface area (TPSA) is 76.0 Å². The fourth-order valence-electron chi connectivity index (χ4n) is 3.07. The van der Waals surface area contributed by atoms with Gasteiger partial charge in [0.1, 0.15) is 5.75 Å². The number of amides is 1. The van der Waals surface area contributed by atoms with Crippen molar-refractivity contribution < 1.29 is 17.9 Å². The SMILES string of the molecule is COc1ccc(CCN2C(=NC(C)=O)S[C@H]3CS(=O)(=O)C[C@@H]32)cc1. The van der Waals surface area contributed by atoms with Crippen LogP contribution in [0.1, 0.15) is 12.5 Å². The first-order chi connectivity index (χ1) is 11.4. The summed E-state index contributed by atoms with van der Waals surface area (Å²) in [5.74, 6) is 0.855. The van der Waals surface area contributed by atoms with Crippen molar-refractivity contribution in [3.63, 3.8) is 0 Å². The molecule has 130 valence electrons. The highest BCUT2D eigenvalue weighted by Gasteiger charge is 2.48. The van der Waals surface area contributed by atoms with E-state index >= 15 is 0 Å². The van der Waals surface area contributed by atoms with Crippen LogP contribution in [0, 0.1) is 0 Å². The molecule has 0 aromatic heterocycles. The Labute approximate surface area is 146 Å². The zero-order valence-electron chi connectivity index (χ0n) is 13.6. The van der Waals surface area contributed by atoms with Gasteiger partial charge in [0.15, 0.2) is 15.0 Å². The van der Waals surface area contributed by atoms with Gasteiger partial charge < -0.3 is 9.64 Å². The van der Waals surface area contributed by atoms with Gasteiger partial charge in [-0.15, -0.1) is 0 Å². The van der Waals surface area contributed by atoms with Gasteiger partial charge in [-0.2, -0.15) is 4.99 Å². The molecule has 0 unspecified atom stereocenters. The van der Waals surface area contributed by atoms with Crippen LogP contribution in [0.3, 0.4) is 0 Å². The Morgan fingerprint density at radius 2 is 2.04 bits per heavy atom. The summed E-state index contributed by atoms with van der Waals surface area (Å²) in [6.07, 6.45) is 0.755. The summed E-state index contributed by atoms with van der Waals surface area (Å²) < 4.78 is 29.0. The quantitative estimate of drug-likeness (QED) is 0.799. The minimum atomic E-state index is -3.00. The van der Waals surface area contributed by atoms with Crippen LogP contribution >= 0.6 is 11.8 Å². The van der Waals surface area contributed by atoms with E-state index in [1.807, 2.05) is 29.2 Å². The highest BCUT2D eigenvalue weighted by atomic mass is 32.2. The molecule has 0 aliphatic carbocycles. The second-order valence-electron chi connectivity index (χ2n) is 6.01. The number of methoxy groups -OCH3 is 1. The van der Waals surface area contributed by atoms with Gasteiger partial charge in [0.25, 0.3) is 0 Å². The Hall–Kier alpha value is -1.54. The predicted octanol–water partition coefficient (Wildman–Crippen LogP) is 1.35. The van der Waals surface area contributed by atoms with E-state index in [-0.39, 0.29) is 28.7 Å². The second-order valence-corrected chi connectivity index (χ2v) is 9.37. The molecule has 2 heterocycles. The summed E-state index contributed by atoms with van der Waals surface area (Å²) in [6.45, 7) is 2.06. The minimum absolute atomic E-state index is 0.0241. The van der Waals surface area contributed by atoms with Gasteiger partial charge >= 0.3 is 0 Å². The molecule has 0 bridgehead atoms. The van der Waals surface area contributed by atoms with Crippen molar-refractivity contribution in [1.82, 2.24) is 4.90 Å². The molecule has 2 aliphatic heterocycles. The number of hydrogen-bond acceptors (Lipinski definition) is 5. The van der Waals surface area contributed by atoms with Crippen molar-refractivity contribution in [2.75, 3.05) is 25.2 Å². The Kier molecular flexibility index (Phi) is 4.87. The van der Waals surface area contributed by atoms with Gasteiger partial charge in [-0.05, 0) is 24.1 Å². The third kappa shape index (κ3) is 3.75. The molecule has 2 aliphatic rings. The van der Waals surface area contributed by atoms with E-state index in [1.165, 1.54) is 18.7 Å². The number of hydrogen-bond donors (Lipinski definition) is 0. The molecule has 8 heteroatoms. The summed E-state index contributed by atoms with van der Waals surface area (Å²) in [4.78, 5) is 17.4. The first-order valence-electron chi connectivity index (χ1n) is 7.74. The number of fused-ring (bicyclic) bond motifs is 1. The lowest BCUT2D eigenvalue weighted by Gasteiger charge is -2.24. The number of ether oxygens (including phenoxy) is 1. The number of nitrogens with zero attached hydrogens (tertiary/aromatic N) is 2. The van der Waals surface area contributed by atoms with Gasteiger partial charge in [0.05, 0.1) is 24.7 Å². The molecule has 3 rings (SSSR count). The number of aliphatic imine (C=N–C) groups is 1. The number of benzene rings is 1. The van der Waals surface area contributed by atoms with E-state index in [0.29, 0.717) is 11.7 Å². The third-order valence-electron chi connectivity index (χ3n) is 4.23. The summed E-state index contributed by atoms with van der Waals surface area (Å²) >= 11 is 1.42. The Morgan fingerprint density at radius 1 is 1.33 bits per heavy atom. The van der Waals surface area contributed by atoms with E-state index in [1.54, 1.807) is 7.11 Å². The fraction of sp³-hybridized carbons (Fsp3) is 0.500. The monoisotopic (exact) mass is 368 g/mol. The summed E-state index contributed by atoms with van der Waals surface area (Å²) in [5.41, 5.74) is 1.13. The number of amidine groups is 1. The lowest BCUT2D eigenvalue weighted by Crippen LogP contribution is -2.39. The van der Waals surface area contributed by atoms with Crippen molar-refractivity contribution in [3.8, 4) is 5.75 Å². The van der Waals surface area contributed by atoms with Crippen LogP contribution in [0.4, 0.5) is 0 Å². The third-order valence-corrected chi connectivity index (χ3v) is 7.48. The van der Waals surface area contributed by atoms with Crippen LogP contribution in [-0.4, -0.2) is 60.8 Å². The van der Waals surface area contributed by atoms with Crippen LogP contribution in [0.25, 0.3) is 0 Å². The predicted molar refractivity (Wildman–Crippen MR) is 95.3 cm³/mol. The fourth-order valence-corrected chi connectivity index (χ4v) is 7.10. The molecule has 1 aromatic carbocycles. The zero-order chi connectivity index (χ0) is 17.3. The molecular formula is C16H20N2O4S2. The number of rotatable bonds is 4. The van der Waals surface area contributed by atoms with E-state index in [2.05, 4.69) is 4.99 Å². The summed E-state index contributed by atoms with van der Waals surface area (Å²) in [7, 11) is -1.37. The Bertz CT molecular complexity index is 759. The Balaban J connectivity index is 1.75. The van der Waals surface area contributed by atoms with E-state index in [9.17, 15) is 13.2 Å². The maximum Gasteiger partial charge on any atom is 0.244 e. The van der Waals surface area contributed by atoms with Crippen LogP contribution in [0.5, 0.6) is 5.75 Å². The highest BCUT2D eigenvalue weighted by molar-refractivity contribution is 8.15. The zero-order valence-corrected chi connectivity index (χ0v) is 15.3. The number of thioether (sulfide) groups is 1. The van der Waals surface area contributed by atoms with E-state index in [0.717, 1.165) is 17.7 Å². The maximum atomic E-state index is 11.9. The van der Waals surface area contributed by atoms with Crippen molar-refractivity contribution in [1.29, 1.82) is 0 Å². The number of carbonyl (C=O) groups excluding carboxylic acids is 1. The molecule has 2 atom stereocenters. The minimum Gasteiger partial charge on any atom is -0.497 e. The average Bonchev–Trinajstić information content (AvgIpc) is 2.96. The lowest BCUT2D eigenvalue weighted by atomic mass is 10.1. The summed E-state index contributed by atoms with van der Waals surface area (Å²) in [5, 5.41) is 0.630. The number of carbonyl (C=O) groups is 1. The first-order valence-corrected chi connectivity index (χ1v) is 10.4. The average molecular weight is 368 g/mol. The van der Waals surface area contributed by atoms with Gasteiger partial charge in [-0.25, -0.2) is 8.42 Å². The molecule has 2 fully saturated rings. The lowest BCUT2D eigenvalue weighted by molar-refractivity contribution is -0.115.